The van der Waals surface area contributed by atoms with E-state index in [4.69, 9.17) is 4.74 Å². The summed E-state index contributed by atoms with van der Waals surface area (Å²) in [6.07, 6.45) is 0.736. The molecule has 1 aromatic heterocycles. The lowest BCUT2D eigenvalue weighted by Gasteiger charge is -2.26. The van der Waals surface area contributed by atoms with E-state index in [9.17, 15) is 14.7 Å². The maximum absolute atomic E-state index is 13.2. The van der Waals surface area contributed by atoms with Gasteiger partial charge in [-0.05, 0) is 72.5 Å². The van der Waals surface area contributed by atoms with Gasteiger partial charge in [0.25, 0.3) is 11.7 Å². The highest BCUT2D eigenvalue weighted by Crippen LogP contribution is 2.40. The summed E-state index contributed by atoms with van der Waals surface area (Å²) in [6.45, 7) is 8.69. The Labute approximate surface area is 195 Å². The summed E-state index contributed by atoms with van der Waals surface area (Å²) >= 11 is 0. The van der Waals surface area contributed by atoms with Crippen LogP contribution in [-0.4, -0.2) is 69.7 Å². The lowest BCUT2D eigenvalue weighted by molar-refractivity contribution is -0.139. The number of likely N-dealkylation sites (tertiary alicyclic amines) is 1. The van der Waals surface area contributed by atoms with E-state index in [2.05, 4.69) is 5.10 Å². The molecule has 2 aromatic rings. The molecule has 0 saturated carbocycles. The summed E-state index contributed by atoms with van der Waals surface area (Å²) in [5.41, 5.74) is 2.67. The van der Waals surface area contributed by atoms with Crippen molar-refractivity contribution in [3.05, 3.63) is 52.4 Å². The van der Waals surface area contributed by atoms with Crippen molar-refractivity contribution in [2.24, 2.45) is 7.05 Å². The fourth-order valence-electron chi connectivity index (χ4n) is 4.27. The fraction of sp³-hybridized carbons (Fsp3) is 0.480. The Bertz CT molecular complexity index is 1070. The van der Waals surface area contributed by atoms with Crippen LogP contribution in [0.1, 0.15) is 48.8 Å². The number of Topliss-reactive ketones (excluding diaryl/α,β-unsaturated/α-hetero) is 1. The van der Waals surface area contributed by atoms with Crippen LogP contribution in [0.2, 0.25) is 0 Å². The quantitative estimate of drug-likeness (QED) is 0.374. The molecule has 1 N–H and O–H groups in total. The SMILES string of the molecule is Cc1nn(C)c(C)c1/C(O)=C1\C(=O)C(=O)N(CCCN(C)C)[C@@H]1c1ccc(OC(C)C)cc1. The topological polar surface area (TPSA) is 87.9 Å². The zero-order chi connectivity index (χ0) is 24.4. The number of carbonyl (C=O) groups excluding carboxylic acids is 2. The Hall–Kier alpha value is -3.13. The van der Waals surface area contributed by atoms with E-state index in [1.165, 1.54) is 0 Å². The smallest absolute Gasteiger partial charge is 0.295 e. The first kappa shape index (κ1) is 24.5. The van der Waals surface area contributed by atoms with Gasteiger partial charge in [0.15, 0.2) is 0 Å². The first-order valence-corrected chi connectivity index (χ1v) is 11.2. The molecule has 1 atom stereocenters. The molecule has 1 aliphatic rings. The second kappa shape index (κ2) is 9.79. The molecule has 8 heteroatoms. The number of hydrogen-bond acceptors (Lipinski definition) is 6. The molecule has 8 nitrogen and oxygen atoms in total. The van der Waals surface area contributed by atoms with Gasteiger partial charge in [0.05, 0.1) is 29.0 Å². The average Bonchev–Trinajstić information content (AvgIpc) is 3.13. The molecule has 1 fully saturated rings. The van der Waals surface area contributed by atoms with Crippen LogP contribution in [0.5, 0.6) is 5.75 Å². The lowest BCUT2D eigenvalue weighted by atomic mass is 9.94. The number of nitrogens with zero attached hydrogens (tertiary/aromatic N) is 4. The first-order valence-electron chi connectivity index (χ1n) is 11.2. The van der Waals surface area contributed by atoms with Crippen molar-refractivity contribution in [3.8, 4) is 5.75 Å². The minimum Gasteiger partial charge on any atom is -0.507 e. The Kier molecular flexibility index (Phi) is 7.27. The van der Waals surface area contributed by atoms with Crippen molar-refractivity contribution in [1.82, 2.24) is 19.6 Å². The van der Waals surface area contributed by atoms with Crippen LogP contribution in [0.4, 0.5) is 0 Å². The van der Waals surface area contributed by atoms with Crippen LogP contribution in [0, 0.1) is 13.8 Å². The van der Waals surface area contributed by atoms with Crippen LogP contribution >= 0.6 is 0 Å². The maximum Gasteiger partial charge on any atom is 0.295 e. The van der Waals surface area contributed by atoms with Crippen molar-refractivity contribution in [2.45, 2.75) is 46.3 Å². The van der Waals surface area contributed by atoms with Gasteiger partial charge in [-0.3, -0.25) is 14.3 Å². The van der Waals surface area contributed by atoms with Gasteiger partial charge in [0, 0.05) is 19.3 Å². The normalized spacial score (nSPS) is 18.1. The molecule has 0 radical (unpaired) electrons. The number of ether oxygens (including phenoxy) is 1. The number of ketones is 1. The lowest BCUT2D eigenvalue weighted by Crippen LogP contribution is -2.32. The van der Waals surface area contributed by atoms with Gasteiger partial charge in [-0.1, -0.05) is 12.1 Å². The highest BCUT2D eigenvalue weighted by atomic mass is 16.5. The molecule has 0 unspecified atom stereocenters. The van der Waals surface area contributed by atoms with Crippen LogP contribution < -0.4 is 4.74 Å². The van der Waals surface area contributed by atoms with Crippen molar-refractivity contribution >= 4 is 17.4 Å². The average molecular weight is 455 g/mol. The van der Waals surface area contributed by atoms with Crippen molar-refractivity contribution < 1.29 is 19.4 Å². The van der Waals surface area contributed by atoms with E-state index < -0.39 is 17.7 Å². The van der Waals surface area contributed by atoms with E-state index in [1.807, 2.05) is 64.0 Å². The van der Waals surface area contributed by atoms with Crippen LogP contribution in [0.3, 0.4) is 0 Å². The molecule has 0 bridgehead atoms. The zero-order valence-corrected chi connectivity index (χ0v) is 20.5. The number of aliphatic hydroxyl groups is 1. The highest BCUT2D eigenvalue weighted by molar-refractivity contribution is 6.46. The van der Waals surface area contributed by atoms with Gasteiger partial charge in [-0.15, -0.1) is 0 Å². The monoisotopic (exact) mass is 454 g/mol. The van der Waals surface area contributed by atoms with Crippen molar-refractivity contribution in [2.75, 3.05) is 27.2 Å². The predicted molar refractivity (Wildman–Crippen MR) is 127 cm³/mol. The number of hydrogen-bond donors (Lipinski definition) is 1. The number of rotatable bonds is 8. The van der Waals surface area contributed by atoms with Gasteiger partial charge in [0.1, 0.15) is 11.5 Å². The van der Waals surface area contributed by atoms with Crippen LogP contribution in [-0.2, 0) is 16.6 Å². The fourth-order valence-corrected chi connectivity index (χ4v) is 4.27. The summed E-state index contributed by atoms with van der Waals surface area (Å²) in [6, 6.07) is 6.68. The molecule has 1 saturated heterocycles. The molecule has 33 heavy (non-hydrogen) atoms. The second-order valence-corrected chi connectivity index (χ2v) is 9.05. The van der Waals surface area contributed by atoms with Gasteiger partial charge in [0.2, 0.25) is 0 Å². The molecule has 3 rings (SSSR count). The molecule has 2 heterocycles. The second-order valence-electron chi connectivity index (χ2n) is 9.05. The summed E-state index contributed by atoms with van der Waals surface area (Å²) in [5.74, 6) is -0.745. The first-order chi connectivity index (χ1) is 15.5. The van der Waals surface area contributed by atoms with Crippen molar-refractivity contribution in [3.63, 3.8) is 0 Å². The molecule has 1 amide bonds. The third-order valence-electron chi connectivity index (χ3n) is 5.86. The molecule has 1 aromatic carbocycles. The van der Waals surface area contributed by atoms with Gasteiger partial charge >= 0.3 is 0 Å². The third kappa shape index (κ3) is 4.95. The van der Waals surface area contributed by atoms with Gasteiger partial charge in [-0.2, -0.15) is 5.10 Å². The minimum atomic E-state index is -0.681. The number of benzene rings is 1. The maximum atomic E-state index is 13.2. The number of aliphatic hydroxyl groups excluding tert-OH is 1. The van der Waals surface area contributed by atoms with Crippen LogP contribution in [0.25, 0.3) is 5.76 Å². The molecule has 1 aliphatic heterocycles. The number of aryl methyl sites for hydroxylation is 2. The van der Waals surface area contributed by atoms with E-state index in [-0.39, 0.29) is 17.4 Å². The van der Waals surface area contributed by atoms with E-state index >= 15 is 0 Å². The van der Waals surface area contributed by atoms with Crippen LogP contribution in [0.15, 0.2) is 29.8 Å². The van der Waals surface area contributed by atoms with Gasteiger partial charge < -0.3 is 19.6 Å². The summed E-state index contributed by atoms with van der Waals surface area (Å²) in [5, 5.41) is 15.7. The molecule has 0 spiro atoms. The van der Waals surface area contributed by atoms with Crippen molar-refractivity contribution in [1.29, 1.82) is 0 Å². The Morgan fingerprint density at radius 2 is 1.82 bits per heavy atom. The number of aromatic nitrogens is 2. The Morgan fingerprint density at radius 3 is 2.33 bits per heavy atom. The Morgan fingerprint density at radius 1 is 1.18 bits per heavy atom. The van der Waals surface area contributed by atoms with E-state index in [0.717, 1.165) is 17.8 Å². The molecule has 178 valence electrons. The Balaban J connectivity index is 2.11. The summed E-state index contributed by atoms with van der Waals surface area (Å²) in [4.78, 5) is 29.9. The minimum absolute atomic E-state index is 0.0315. The zero-order valence-electron chi connectivity index (χ0n) is 20.5. The summed E-state index contributed by atoms with van der Waals surface area (Å²) in [7, 11) is 5.71. The molecular formula is C25H34N4O4. The van der Waals surface area contributed by atoms with Gasteiger partial charge in [-0.25, -0.2) is 0 Å². The predicted octanol–water partition coefficient (Wildman–Crippen LogP) is 3.20. The number of carbonyl (C=O) groups is 2. The number of amides is 1. The molecular weight excluding hydrogens is 420 g/mol. The van der Waals surface area contributed by atoms with E-state index in [1.54, 1.807) is 23.6 Å². The molecule has 0 aliphatic carbocycles. The summed E-state index contributed by atoms with van der Waals surface area (Å²) < 4.78 is 7.40. The standard InChI is InChI=1S/C25H34N4O4/c1-15(2)33-19-11-9-18(10-12-19)22-21(23(30)20-16(3)26-28(7)17(20)4)24(31)25(32)29(22)14-8-13-27(5)6/h9-12,15,22,30H,8,13-14H2,1-7H3/b23-21+/t22-/m1/s1. The largest absolute Gasteiger partial charge is 0.507 e. The third-order valence-corrected chi connectivity index (χ3v) is 5.86. The van der Waals surface area contributed by atoms with E-state index in [0.29, 0.717) is 30.0 Å². The highest BCUT2D eigenvalue weighted by Gasteiger charge is 2.46.